The largest absolute Gasteiger partial charge is 0.388 e. The zero-order valence-corrected chi connectivity index (χ0v) is 11.6. The van der Waals surface area contributed by atoms with Crippen LogP contribution in [0.25, 0.3) is 10.1 Å². The van der Waals surface area contributed by atoms with Crippen molar-refractivity contribution in [2.24, 2.45) is 0 Å². The number of benzene rings is 2. The van der Waals surface area contributed by atoms with Gasteiger partial charge in [0.1, 0.15) is 0 Å². The Morgan fingerprint density at radius 1 is 1.05 bits per heavy atom. The molecule has 0 saturated carbocycles. The molecular weight excluding hydrogens is 252 g/mol. The molecule has 3 heteroatoms. The second-order valence-electron chi connectivity index (χ2n) is 4.45. The summed E-state index contributed by atoms with van der Waals surface area (Å²) in [6, 6.07) is 17.0. The van der Waals surface area contributed by atoms with Crippen molar-refractivity contribution in [3.8, 4) is 0 Å². The van der Waals surface area contributed by atoms with Crippen LogP contribution < -0.4 is 10.6 Å². The summed E-state index contributed by atoms with van der Waals surface area (Å²) in [5.41, 5.74) is 3.65. The summed E-state index contributed by atoms with van der Waals surface area (Å²) in [7, 11) is 1.94. The highest BCUT2D eigenvalue weighted by atomic mass is 32.1. The summed E-state index contributed by atoms with van der Waals surface area (Å²) in [6.45, 7) is 0.843. The molecule has 0 radical (unpaired) electrons. The van der Waals surface area contributed by atoms with Gasteiger partial charge in [0.2, 0.25) is 0 Å². The van der Waals surface area contributed by atoms with Crippen LogP contribution >= 0.6 is 11.3 Å². The number of fused-ring (bicyclic) bond motifs is 1. The Bertz CT molecular complexity index is 688. The number of rotatable bonds is 4. The minimum Gasteiger partial charge on any atom is -0.388 e. The van der Waals surface area contributed by atoms with Gasteiger partial charge in [-0.1, -0.05) is 30.3 Å². The zero-order valence-electron chi connectivity index (χ0n) is 10.8. The van der Waals surface area contributed by atoms with Crippen LogP contribution in [0.15, 0.2) is 53.9 Å². The lowest BCUT2D eigenvalue weighted by Crippen LogP contribution is -1.99. The lowest BCUT2D eigenvalue weighted by Gasteiger charge is -2.07. The maximum atomic E-state index is 3.52. The summed E-state index contributed by atoms with van der Waals surface area (Å²) >= 11 is 1.78. The fraction of sp³-hybridized carbons (Fsp3) is 0.125. The molecule has 0 fully saturated rings. The van der Waals surface area contributed by atoms with E-state index in [0.29, 0.717) is 0 Å². The lowest BCUT2D eigenvalue weighted by atomic mass is 10.2. The number of hydrogen-bond donors (Lipinski definition) is 2. The number of hydrogen-bond acceptors (Lipinski definition) is 3. The van der Waals surface area contributed by atoms with E-state index >= 15 is 0 Å². The first-order valence-corrected chi connectivity index (χ1v) is 7.21. The molecule has 2 nitrogen and oxygen atoms in total. The molecule has 0 aliphatic heterocycles. The second kappa shape index (κ2) is 5.33. The quantitative estimate of drug-likeness (QED) is 0.725. The lowest BCUT2D eigenvalue weighted by molar-refractivity contribution is 1.16. The maximum Gasteiger partial charge on any atom is 0.0531 e. The van der Waals surface area contributed by atoms with Gasteiger partial charge in [-0.05, 0) is 23.8 Å². The average molecular weight is 268 g/mol. The van der Waals surface area contributed by atoms with Gasteiger partial charge in [-0.15, -0.1) is 11.3 Å². The molecule has 0 aliphatic rings. The van der Waals surface area contributed by atoms with E-state index in [2.05, 4.69) is 64.5 Å². The molecule has 3 aromatic rings. The van der Waals surface area contributed by atoms with Crippen molar-refractivity contribution in [2.45, 2.75) is 6.54 Å². The van der Waals surface area contributed by atoms with Crippen molar-refractivity contribution in [3.63, 3.8) is 0 Å². The molecule has 19 heavy (non-hydrogen) atoms. The monoisotopic (exact) mass is 268 g/mol. The molecule has 2 aromatic carbocycles. The van der Waals surface area contributed by atoms with E-state index in [9.17, 15) is 0 Å². The topological polar surface area (TPSA) is 24.1 Å². The fourth-order valence-corrected chi connectivity index (χ4v) is 3.07. The van der Waals surface area contributed by atoms with Crippen molar-refractivity contribution in [1.29, 1.82) is 0 Å². The third-order valence-corrected chi connectivity index (χ3v) is 4.14. The van der Waals surface area contributed by atoms with Crippen LogP contribution in [0.2, 0.25) is 0 Å². The van der Waals surface area contributed by atoms with E-state index < -0.39 is 0 Å². The van der Waals surface area contributed by atoms with Crippen molar-refractivity contribution in [3.05, 3.63) is 59.5 Å². The minimum absolute atomic E-state index is 0.843. The molecule has 1 aromatic heterocycles. The predicted molar refractivity (Wildman–Crippen MR) is 85.1 cm³/mol. The van der Waals surface area contributed by atoms with Crippen molar-refractivity contribution in [2.75, 3.05) is 17.7 Å². The van der Waals surface area contributed by atoms with Crippen LogP contribution in [0, 0.1) is 0 Å². The van der Waals surface area contributed by atoms with Crippen LogP contribution in [0.5, 0.6) is 0 Å². The SMILES string of the molecule is CNc1cccc(CNc2csc3ccccc23)c1. The Hall–Kier alpha value is -2.00. The molecule has 1 heterocycles. The Labute approximate surface area is 117 Å². The van der Waals surface area contributed by atoms with Crippen LogP contribution in [0.4, 0.5) is 11.4 Å². The van der Waals surface area contributed by atoms with Gasteiger partial charge in [0, 0.05) is 34.7 Å². The Kier molecular flexibility index (Phi) is 3.38. The fourth-order valence-electron chi connectivity index (χ4n) is 2.15. The van der Waals surface area contributed by atoms with Crippen molar-refractivity contribution >= 4 is 32.8 Å². The van der Waals surface area contributed by atoms with Crippen LogP contribution in [0.1, 0.15) is 5.56 Å². The molecule has 0 aliphatic carbocycles. The molecule has 0 spiro atoms. The van der Waals surface area contributed by atoms with E-state index in [1.165, 1.54) is 21.3 Å². The summed E-state index contributed by atoms with van der Waals surface area (Å²) in [5, 5.41) is 10.2. The molecule has 96 valence electrons. The van der Waals surface area contributed by atoms with Crippen LogP contribution in [-0.2, 0) is 6.54 Å². The summed E-state index contributed by atoms with van der Waals surface area (Å²) in [6.07, 6.45) is 0. The summed E-state index contributed by atoms with van der Waals surface area (Å²) < 4.78 is 1.33. The smallest absolute Gasteiger partial charge is 0.0531 e. The minimum atomic E-state index is 0.843. The van der Waals surface area contributed by atoms with E-state index in [4.69, 9.17) is 0 Å². The Morgan fingerprint density at radius 2 is 1.95 bits per heavy atom. The molecule has 0 bridgehead atoms. The molecule has 0 unspecified atom stereocenters. The standard InChI is InChI=1S/C16H16N2S/c1-17-13-6-4-5-12(9-13)10-18-15-11-19-16-8-3-2-7-14(15)16/h2-9,11,17-18H,10H2,1H3. The van der Waals surface area contributed by atoms with Crippen LogP contribution in [0.3, 0.4) is 0 Å². The van der Waals surface area contributed by atoms with Gasteiger partial charge in [-0.25, -0.2) is 0 Å². The first kappa shape index (κ1) is 12.1. The molecule has 0 atom stereocenters. The number of nitrogens with one attached hydrogen (secondary N) is 2. The highest BCUT2D eigenvalue weighted by Gasteiger charge is 2.02. The van der Waals surface area contributed by atoms with Gasteiger partial charge in [-0.3, -0.25) is 0 Å². The van der Waals surface area contributed by atoms with Gasteiger partial charge in [0.25, 0.3) is 0 Å². The molecule has 3 rings (SSSR count). The molecule has 0 amide bonds. The van der Waals surface area contributed by atoms with E-state index in [1.54, 1.807) is 11.3 Å². The highest BCUT2D eigenvalue weighted by Crippen LogP contribution is 2.30. The normalized spacial score (nSPS) is 10.6. The number of thiophene rings is 1. The Balaban J connectivity index is 1.78. The first-order chi connectivity index (χ1) is 9.36. The predicted octanol–water partition coefficient (Wildman–Crippen LogP) is 4.56. The van der Waals surface area contributed by atoms with Gasteiger partial charge in [-0.2, -0.15) is 0 Å². The average Bonchev–Trinajstić information content (AvgIpc) is 2.89. The molecule has 2 N–H and O–H groups in total. The van der Waals surface area contributed by atoms with E-state index in [-0.39, 0.29) is 0 Å². The zero-order chi connectivity index (χ0) is 13.1. The summed E-state index contributed by atoms with van der Waals surface area (Å²) in [4.78, 5) is 0. The molecule has 0 saturated heterocycles. The first-order valence-electron chi connectivity index (χ1n) is 6.33. The Morgan fingerprint density at radius 3 is 2.84 bits per heavy atom. The second-order valence-corrected chi connectivity index (χ2v) is 5.36. The van der Waals surface area contributed by atoms with Gasteiger partial charge < -0.3 is 10.6 Å². The van der Waals surface area contributed by atoms with Gasteiger partial charge >= 0.3 is 0 Å². The van der Waals surface area contributed by atoms with Crippen LogP contribution in [-0.4, -0.2) is 7.05 Å². The maximum absolute atomic E-state index is 3.52. The summed E-state index contributed by atoms with van der Waals surface area (Å²) in [5.74, 6) is 0. The molecular formula is C16H16N2S. The van der Waals surface area contributed by atoms with Gasteiger partial charge in [0.05, 0.1) is 5.69 Å². The third-order valence-electron chi connectivity index (χ3n) is 3.18. The third kappa shape index (κ3) is 2.56. The highest BCUT2D eigenvalue weighted by molar-refractivity contribution is 7.17. The van der Waals surface area contributed by atoms with E-state index in [1.807, 2.05) is 7.05 Å². The van der Waals surface area contributed by atoms with Crippen molar-refractivity contribution in [1.82, 2.24) is 0 Å². The van der Waals surface area contributed by atoms with Crippen molar-refractivity contribution < 1.29 is 0 Å². The van der Waals surface area contributed by atoms with Gasteiger partial charge in [0.15, 0.2) is 0 Å². The number of anilines is 2. The van der Waals surface area contributed by atoms with E-state index in [0.717, 1.165) is 12.2 Å².